The summed E-state index contributed by atoms with van der Waals surface area (Å²) in [6.07, 6.45) is 0. The lowest BCUT2D eigenvalue weighted by Gasteiger charge is -2.00. The van der Waals surface area contributed by atoms with E-state index in [1.165, 1.54) is 27.2 Å². The zero-order chi connectivity index (χ0) is 11.0. The fourth-order valence-corrected chi connectivity index (χ4v) is 3.31. The maximum Gasteiger partial charge on any atom is 0.00602 e. The van der Waals surface area contributed by atoms with Crippen molar-refractivity contribution in [3.8, 4) is 10.9 Å². The third-order valence-corrected chi connectivity index (χ3v) is 4.24. The second kappa shape index (κ2) is 3.81. The van der Waals surface area contributed by atoms with Gasteiger partial charge < -0.3 is 0 Å². The average molecular weight is 224 g/mol. The van der Waals surface area contributed by atoms with E-state index in [4.69, 9.17) is 0 Å². The Kier molecular flexibility index (Phi) is 2.31. The molecule has 1 atom stereocenters. The summed E-state index contributed by atoms with van der Waals surface area (Å²) in [5, 5.41) is 4.27. The van der Waals surface area contributed by atoms with Crippen molar-refractivity contribution in [3.05, 3.63) is 59.9 Å². The number of hydrogen-bond donors (Lipinski definition) is 0. The average Bonchev–Trinajstić information content (AvgIpc) is 2.74. The van der Waals surface area contributed by atoms with E-state index >= 15 is 0 Å². The Morgan fingerprint density at radius 3 is 2.44 bits per heavy atom. The molecule has 1 unspecified atom stereocenters. The number of rotatable bonds is 1. The molecule has 0 fully saturated rings. The van der Waals surface area contributed by atoms with E-state index in [1.807, 2.05) is 0 Å². The Morgan fingerprint density at radius 2 is 1.62 bits per heavy atom. The van der Waals surface area contributed by atoms with Crippen molar-refractivity contribution in [2.24, 2.45) is 0 Å². The van der Waals surface area contributed by atoms with Crippen LogP contribution in [-0.4, -0.2) is 0 Å². The summed E-state index contributed by atoms with van der Waals surface area (Å²) in [5.41, 5.74) is 2.69. The van der Waals surface area contributed by atoms with Gasteiger partial charge in [-0.15, -0.1) is 8.19 Å². The number of benzene rings is 2. The van der Waals surface area contributed by atoms with Gasteiger partial charge in [-0.2, -0.15) is 0 Å². The van der Waals surface area contributed by atoms with Crippen LogP contribution in [-0.2, 0) is 0 Å². The fraction of sp³-hybridized carbons (Fsp3) is 0.0667. The normalized spacial score (nSPS) is 11.3. The summed E-state index contributed by atoms with van der Waals surface area (Å²) in [4.78, 5) is 0. The molecule has 0 N–H and O–H groups in total. The van der Waals surface area contributed by atoms with Crippen molar-refractivity contribution in [3.63, 3.8) is 0 Å². The highest BCUT2D eigenvalue weighted by molar-refractivity contribution is 7.34. The second-order valence-corrected chi connectivity index (χ2v) is 5.19. The third-order valence-electron chi connectivity index (χ3n) is 2.94. The molecule has 3 rings (SSSR count). The molecule has 0 saturated heterocycles. The molecular weight excluding hydrogens is 211 g/mol. The van der Waals surface area contributed by atoms with E-state index < -0.39 is 0 Å². The lowest BCUT2D eigenvalue weighted by Crippen LogP contribution is -1.74. The topological polar surface area (TPSA) is 0 Å². The lowest BCUT2D eigenvalue weighted by atomic mass is 10.1. The largest absolute Gasteiger partial charge is 0.130 e. The summed E-state index contributed by atoms with van der Waals surface area (Å²) in [6.45, 7) is 2.13. The molecule has 3 aromatic rings. The number of aryl methyl sites for hydroxylation is 1. The van der Waals surface area contributed by atoms with Crippen LogP contribution in [0.3, 0.4) is 0 Å². The molecule has 1 heterocycles. The van der Waals surface area contributed by atoms with E-state index in [-0.39, 0.29) is 0 Å². The van der Waals surface area contributed by atoms with Gasteiger partial charge in [0.15, 0.2) is 0 Å². The zero-order valence-electron chi connectivity index (χ0n) is 9.20. The van der Waals surface area contributed by atoms with Crippen LogP contribution in [0.15, 0.2) is 54.3 Å². The van der Waals surface area contributed by atoms with Gasteiger partial charge in [-0.05, 0) is 29.1 Å². The molecule has 0 nitrogen and oxygen atoms in total. The molecule has 2 aromatic carbocycles. The van der Waals surface area contributed by atoms with Crippen LogP contribution in [0, 0.1) is 6.92 Å². The standard InChI is InChI=1S/C15H13P/c1-11-6-8-12(9-7-11)15-14-5-3-2-4-13(14)10-16-15/h2-10,16H,1H3. The highest BCUT2D eigenvalue weighted by Gasteiger charge is 2.03. The molecule has 0 saturated carbocycles. The number of fused-ring (bicyclic) bond motifs is 1. The molecule has 1 aromatic heterocycles. The Balaban J connectivity index is 2.22. The predicted octanol–water partition coefficient (Wildman–Crippen LogP) is 4.85. The molecule has 16 heavy (non-hydrogen) atoms. The lowest BCUT2D eigenvalue weighted by molar-refractivity contribution is 1.48. The van der Waals surface area contributed by atoms with Gasteiger partial charge >= 0.3 is 0 Å². The van der Waals surface area contributed by atoms with Crippen LogP contribution in [0.4, 0.5) is 0 Å². The monoisotopic (exact) mass is 224 g/mol. The van der Waals surface area contributed by atoms with Gasteiger partial charge in [0.05, 0.1) is 0 Å². The van der Waals surface area contributed by atoms with Gasteiger partial charge in [0.1, 0.15) is 0 Å². The first-order valence-electron chi connectivity index (χ1n) is 5.48. The fourth-order valence-electron chi connectivity index (χ4n) is 2.04. The van der Waals surface area contributed by atoms with Crippen molar-refractivity contribution in [2.45, 2.75) is 6.92 Å². The summed E-state index contributed by atoms with van der Waals surface area (Å²) < 4.78 is 0. The Labute approximate surface area is 97.0 Å². The second-order valence-electron chi connectivity index (χ2n) is 4.12. The minimum absolute atomic E-state index is 0.803. The van der Waals surface area contributed by atoms with E-state index in [9.17, 15) is 0 Å². The molecule has 78 valence electrons. The van der Waals surface area contributed by atoms with Gasteiger partial charge in [0.2, 0.25) is 0 Å². The Hall–Kier alpha value is -1.52. The van der Waals surface area contributed by atoms with Crippen molar-refractivity contribution < 1.29 is 0 Å². The van der Waals surface area contributed by atoms with Crippen LogP contribution in [0.5, 0.6) is 0 Å². The Morgan fingerprint density at radius 1 is 0.875 bits per heavy atom. The van der Waals surface area contributed by atoms with Crippen molar-refractivity contribution >= 4 is 19.0 Å². The van der Waals surface area contributed by atoms with E-state index in [0.717, 1.165) is 8.19 Å². The molecule has 0 bridgehead atoms. The van der Waals surface area contributed by atoms with E-state index in [0.29, 0.717) is 0 Å². The Bertz CT molecular complexity index is 617. The molecular formula is C15H13P. The van der Waals surface area contributed by atoms with Crippen molar-refractivity contribution in [1.29, 1.82) is 0 Å². The van der Waals surface area contributed by atoms with Gasteiger partial charge in [0, 0.05) is 5.30 Å². The summed E-state index contributed by atoms with van der Waals surface area (Å²) >= 11 is 0. The van der Waals surface area contributed by atoms with Crippen molar-refractivity contribution in [2.75, 3.05) is 0 Å². The van der Waals surface area contributed by atoms with Gasteiger partial charge in [-0.25, -0.2) is 0 Å². The molecule has 0 spiro atoms. The minimum Gasteiger partial charge on any atom is -0.130 e. The molecule has 0 radical (unpaired) electrons. The van der Waals surface area contributed by atoms with Crippen LogP contribution in [0.1, 0.15) is 5.56 Å². The van der Waals surface area contributed by atoms with Crippen LogP contribution in [0.25, 0.3) is 21.6 Å². The van der Waals surface area contributed by atoms with Gasteiger partial charge in [-0.1, -0.05) is 54.1 Å². The van der Waals surface area contributed by atoms with E-state index in [2.05, 4.69) is 61.3 Å². The summed E-state index contributed by atoms with van der Waals surface area (Å²) in [7, 11) is 0.803. The predicted molar refractivity (Wildman–Crippen MR) is 73.6 cm³/mol. The first-order chi connectivity index (χ1) is 7.84. The third kappa shape index (κ3) is 1.56. The molecule has 0 aliphatic carbocycles. The minimum atomic E-state index is 0.803. The maximum atomic E-state index is 2.34. The van der Waals surface area contributed by atoms with Crippen LogP contribution in [0.2, 0.25) is 0 Å². The zero-order valence-corrected chi connectivity index (χ0v) is 10.2. The highest BCUT2D eigenvalue weighted by Crippen LogP contribution is 2.37. The molecule has 1 heteroatoms. The van der Waals surface area contributed by atoms with Gasteiger partial charge in [0.25, 0.3) is 0 Å². The molecule has 0 aliphatic heterocycles. The molecule has 0 amide bonds. The quantitative estimate of drug-likeness (QED) is 0.554. The van der Waals surface area contributed by atoms with E-state index in [1.54, 1.807) is 0 Å². The van der Waals surface area contributed by atoms with Crippen LogP contribution < -0.4 is 0 Å². The molecule has 0 aliphatic rings. The maximum absolute atomic E-state index is 2.34. The smallest absolute Gasteiger partial charge is 0.00602 e. The first-order valence-corrected chi connectivity index (χ1v) is 6.55. The van der Waals surface area contributed by atoms with Crippen molar-refractivity contribution in [1.82, 2.24) is 0 Å². The first kappa shape index (κ1) is 9.69. The number of hydrogen-bond acceptors (Lipinski definition) is 0. The summed E-state index contributed by atoms with van der Waals surface area (Å²) in [6, 6.07) is 17.5. The highest BCUT2D eigenvalue weighted by atomic mass is 31.0. The van der Waals surface area contributed by atoms with Crippen LogP contribution >= 0.6 is 8.19 Å². The summed E-state index contributed by atoms with van der Waals surface area (Å²) in [5.74, 6) is 2.34. The SMILES string of the molecule is Cc1ccc(-c2[pH]cc3ccccc23)cc1. The van der Waals surface area contributed by atoms with Gasteiger partial charge in [-0.3, -0.25) is 0 Å².